The summed E-state index contributed by atoms with van der Waals surface area (Å²) in [5.74, 6) is 0. The summed E-state index contributed by atoms with van der Waals surface area (Å²) < 4.78 is 0. The summed E-state index contributed by atoms with van der Waals surface area (Å²) in [4.78, 5) is 19.9. The lowest BCUT2D eigenvalue weighted by Gasteiger charge is -2.06. The fourth-order valence-electron chi connectivity index (χ4n) is 1.33. The number of nitro groups is 2. The van der Waals surface area contributed by atoms with E-state index >= 15 is 0 Å². The van der Waals surface area contributed by atoms with E-state index in [4.69, 9.17) is 5.73 Å². The van der Waals surface area contributed by atoms with Gasteiger partial charge in [0.1, 0.15) is 5.56 Å². The van der Waals surface area contributed by atoms with Gasteiger partial charge in [0.15, 0.2) is 0 Å². The summed E-state index contributed by atoms with van der Waals surface area (Å²) in [6.45, 7) is 1.47. The Morgan fingerprint density at radius 3 is 1.87 bits per heavy atom. The third-order valence-electron chi connectivity index (χ3n) is 1.91. The molecule has 0 aliphatic rings. The second-order valence-electron chi connectivity index (χ2n) is 3.01. The van der Waals surface area contributed by atoms with E-state index in [0.717, 1.165) is 0 Å². The molecule has 7 nitrogen and oxygen atoms in total. The minimum absolute atomic E-state index is 0.0486. The molecular weight excluding hydrogens is 202 g/mol. The van der Waals surface area contributed by atoms with Crippen LogP contribution < -0.4 is 5.73 Å². The molecule has 0 aromatic heterocycles. The van der Waals surface area contributed by atoms with Crippen molar-refractivity contribution in [2.24, 2.45) is 5.73 Å². The van der Waals surface area contributed by atoms with Gasteiger partial charge in [0.2, 0.25) is 0 Å². The molecule has 0 saturated carbocycles. The van der Waals surface area contributed by atoms with Crippen LogP contribution in [0, 0.1) is 20.2 Å². The standard InChI is InChI=1S/C8H9N3O4/c1-5(9)8-6(10(12)13)3-2-4-7(8)11(14)15/h2-5H,9H2,1H3/t5-/m1/s1. The van der Waals surface area contributed by atoms with E-state index in [0.29, 0.717) is 0 Å². The fourth-order valence-corrected chi connectivity index (χ4v) is 1.33. The van der Waals surface area contributed by atoms with Crippen molar-refractivity contribution >= 4 is 11.4 Å². The van der Waals surface area contributed by atoms with E-state index in [9.17, 15) is 20.2 Å². The van der Waals surface area contributed by atoms with E-state index in [1.807, 2.05) is 0 Å². The van der Waals surface area contributed by atoms with Crippen molar-refractivity contribution in [2.75, 3.05) is 0 Å². The Morgan fingerprint density at radius 2 is 1.60 bits per heavy atom. The maximum absolute atomic E-state index is 10.6. The van der Waals surface area contributed by atoms with Crippen molar-refractivity contribution in [1.82, 2.24) is 0 Å². The Kier molecular flexibility index (Phi) is 2.96. The minimum atomic E-state index is -0.757. The van der Waals surface area contributed by atoms with Crippen LogP contribution in [0.1, 0.15) is 18.5 Å². The molecule has 0 spiro atoms. The van der Waals surface area contributed by atoms with Gasteiger partial charge in [-0.2, -0.15) is 0 Å². The van der Waals surface area contributed by atoms with E-state index in [1.54, 1.807) is 0 Å². The number of hydrogen-bond donors (Lipinski definition) is 1. The van der Waals surface area contributed by atoms with E-state index in [-0.39, 0.29) is 16.9 Å². The molecule has 15 heavy (non-hydrogen) atoms. The van der Waals surface area contributed by atoms with E-state index in [2.05, 4.69) is 0 Å². The molecule has 1 atom stereocenters. The summed E-state index contributed by atoms with van der Waals surface area (Å²) >= 11 is 0. The van der Waals surface area contributed by atoms with Crippen molar-refractivity contribution < 1.29 is 9.85 Å². The molecule has 0 saturated heterocycles. The van der Waals surface area contributed by atoms with E-state index in [1.165, 1.54) is 25.1 Å². The van der Waals surface area contributed by atoms with Gasteiger partial charge in [-0.3, -0.25) is 20.2 Å². The molecule has 7 heteroatoms. The van der Waals surface area contributed by atoms with Crippen molar-refractivity contribution in [3.63, 3.8) is 0 Å². The molecule has 0 amide bonds. The van der Waals surface area contributed by atoms with Crippen LogP contribution in [0.3, 0.4) is 0 Å². The number of rotatable bonds is 3. The third-order valence-corrected chi connectivity index (χ3v) is 1.91. The zero-order chi connectivity index (χ0) is 11.6. The Bertz CT molecular complexity index is 384. The van der Waals surface area contributed by atoms with Crippen molar-refractivity contribution in [1.29, 1.82) is 0 Å². The molecule has 0 bridgehead atoms. The Hall–Kier alpha value is -2.02. The molecule has 1 rings (SSSR count). The van der Waals surface area contributed by atoms with Crippen LogP contribution in [-0.2, 0) is 0 Å². The van der Waals surface area contributed by atoms with Gasteiger partial charge < -0.3 is 5.73 Å². The zero-order valence-corrected chi connectivity index (χ0v) is 7.91. The van der Waals surface area contributed by atoms with Crippen molar-refractivity contribution in [2.45, 2.75) is 13.0 Å². The number of benzene rings is 1. The van der Waals surface area contributed by atoms with Gasteiger partial charge in [-0.05, 0) is 13.0 Å². The largest absolute Gasteiger partial charge is 0.324 e. The van der Waals surface area contributed by atoms with Gasteiger partial charge in [0.25, 0.3) is 11.4 Å². The number of nitrogens with zero attached hydrogens (tertiary/aromatic N) is 2. The first-order chi connectivity index (χ1) is 6.95. The molecule has 0 aliphatic heterocycles. The number of nitro benzene ring substituents is 2. The van der Waals surface area contributed by atoms with Gasteiger partial charge >= 0.3 is 0 Å². The first-order valence-corrected chi connectivity index (χ1v) is 4.12. The Balaban J connectivity index is 3.48. The third kappa shape index (κ3) is 2.08. The van der Waals surface area contributed by atoms with Crippen LogP contribution >= 0.6 is 0 Å². The Morgan fingerprint density at radius 1 is 1.20 bits per heavy atom. The molecule has 0 heterocycles. The Labute approximate surface area is 84.8 Å². The highest BCUT2D eigenvalue weighted by molar-refractivity contribution is 5.55. The monoisotopic (exact) mass is 211 g/mol. The second kappa shape index (κ2) is 4.01. The molecule has 0 unspecified atom stereocenters. The zero-order valence-electron chi connectivity index (χ0n) is 7.91. The highest BCUT2D eigenvalue weighted by Crippen LogP contribution is 2.32. The number of nitrogens with two attached hydrogens (primary N) is 1. The average Bonchev–Trinajstić information content (AvgIpc) is 2.16. The van der Waals surface area contributed by atoms with Crippen LogP contribution in [0.25, 0.3) is 0 Å². The summed E-state index contributed by atoms with van der Waals surface area (Å²) in [5.41, 5.74) is 4.79. The summed E-state index contributed by atoms with van der Waals surface area (Å²) in [6, 6.07) is 2.91. The fraction of sp³-hybridized carbons (Fsp3) is 0.250. The predicted molar refractivity (Wildman–Crippen MR) is 52.4 cm³/mol. The summed E-state index contributed by atoms with van der Waals surface area (Å²) in [5, 5.41) is 21.3. The molecule has 0 aliphatic carbocycles. The SMILES string of the molecule is C[C@@H](N)c1c([N+](=O)[O-])cccc1[N+](=O)[O-]. The van der Waals surface area contributed by atoms with Crippen molar-refractivity contribution in [3.8, 4) is 0 Å². The lowest BCUT2D eigenvalue weighted by atomic mass is 10.0. The second-order valence-corrected chi connectivity index (χ2v) is 3.01. The maximum atomic E-state index is 10.6. The van der Waals surface area contributed by atoms with Gasteiger partial charge in [0, 0.05) is 18.2 Å². The smallest absolute Gasteiger partial charge is 0.281 e. The normalized spacial score (nSPS) is 12.1. The topological polar surface area (TPSA) is 112 Å². The van der Waals surface area contributed by atoms with Crippen LogP contribution in [0.5, 0.6) is 0 Å². The molecule has 0 radical (unpaired) electrons. The van der Waals surface area contributed by atoms with Gasteiger partial charge in [-0.15, -0.1) is 0 Å². The quantitative estimate of drug-likeness (QED) is 0.601. The summed E-state index contributed by atoms with van der Waals surface area (Å²) in [7, 11) is 0. The lowest BCUT2D eigenvalue weighted by molar-refractivity contribution is -0.395. The number of hydrogen-bond acceptors (Lipinski definition) is 5. The maximum Gasteiger partial charge on any atom is 0.281 e. The summed E-state index contributed by atoms with van der Waals surface area (Å²) in [6.07, 6.45) is 0. The van der Waals surface area contributed by atoms with Gasteiger partial charge in [-0.1, -0.05) is 0 Å². The molecule has 80 valence electrons. The average molecular weight is 211 g/mol. The molecule has 2 N–H and O–H groups in total. The van der Waals surface area contributed by atoms with E-state index < -0.39 is 15.9 Å². The first kappa shape index (κ1) is 11.1. The van der Waals surface area contributed by atoms with Gasteiger partial charge in [0.05, 0.1) is 9.85 Å². The lowest BCUT2D eigenvalue weighted by Crippen LogP contribution is -2.11. The van der Waals surface area contributed by atoms with Crippen LogP contribution in [0.2, 0.25) is 0 Å². The highest BCUT2D eigenvalue weighted by Gasteiger charge is 2.26. The molecular formula is C8H9N3O4. The molecule has 1 aromatic carbocycles. The minimum Gasteiger partial charge on any atom is -0.324 e. The van der Waals surface area contributed by atoms with Crippen molar-refractivity contribution in [3.05, 3.63) is 44.0 Å². The van der Waals surface area contributed by atoms with Gasteiger partial charge in [-0.25, -0.2) is 0 Å². The molecule has 0 fully saturated rings. The van der Waals surface area contributed by atoms with Crippen LogP contribution in [-0.4, -0.2) is 9.85 Å². The van der Waals surface area contributed by atoms with Crippen LogP contribution in [0.4, 0.5) is 11.4 Å². The highest BCUT2D eigenvalue weighted by atomic mass is 16.6. The van der Waals surface area contributed by atoms with Crippen LogP contribution in [0.15, 0.2) is 18.2 Å². The predicted octanol–water partition coefficient (Wildman–Crippen LogP) is 1.52. The molecule has 1 aromatic rings. The first-order valence-electron chi connectivity index (χ1n) is 4.12.